The standard InChI is InChI=1S/C10H11F3O3/c1-9(15,10(11,12)13)6-3-4-8(16-2)7(14)5-6/h3-5,14-15H,1-2H3. The SMILES string of the molecule is COc1ccc(C(C)(O)C(F)(F)F)cc1O. The second-order valence-electron chi connectivity index (χ2n) is 3.46. The predicted molar refractivity (Wildman–Crippen MR) is 50.3 cm³/mol. The summed E-state index contributed by atoms with van der Waals surface area (Å²) in [5.74, 6) is -0.411. The summed E-state index contributed by atoms with van der Waals surface area (Å²) in [6.07, 6.45) is -4.81. The first kappa shape index (κ1) is 12.6. The van der Waals surface area contributed by atoms with Crippen molar-refractivity contribution in [2.24, 2.45) is 0 Å². The van der Waals surface area contributed by atoms with E-state index in [0.29, 0.717) is 6.92 Å². The van der Waals surface area contributed by atoms with Crippen LogP contribution in [0.5, 0.6) is 11.5 Å². The average Bonchev–Trinajstić information content (AvgIpc) is 2.15. The molecule has 0 aliphatic heterocycles. The summed E-state index contributed by atoms with van der Waals surface area (Å²) in [6.45, 7) is 0.619. The largest absolute Gasteiger partial charge is 0.504 e. The average molecular weight is 236 g/mol. The van der Waals surface area contributed by atoms with E-state index in [0.717, 1.165) is 18.2 Å². The number of benzene rings is 1. The summed E-state index contributed by atoms with van der Waals surface area (Å²) < 4.78 is 42.1. The molecular weight excluding hydrogens is 225 g/mol. The van der Waals surface area contributed by atoms with Gasteiger partial charge in [0.15, 0.2) is 17.1 Å². The van der Waals surface area contributed by atoms with E-state index in [9.17, 15) is 23.4 Å². The minimum Gasteiger partial charge on any atom is -0.504 e. The number of aromatic hydroxyl groups is 1. The van der Waals surface area contributed by atoms with E-state index in [1.165, 1.54) is 7.11 Å². The van der Waals surface area contributed by atoms with Crippen LogP contribution in [0.2, 0.25) is 0 Å². The molecule has 0 heterocycles. The third kappa shape index (κ3) is 2.06. The number of rotatable bonds is 2. The van der Waals surface area contributed by atoms with Gasteiger partial charge in [-0.25, -0.2) is 0 Å². The first-order valence-corrected chi connectivity index (χ1v) is 4.36. The molecule has 0 fully saturated rings. The quantitative estimate of drug-likeness (QED) is 0.827. The highest BCUT2D eigenvalue weighted by Crippen LogP contribution is 2.40. The Morgan fingerprint density at radius 2 is 1.81 bits per heavy atom. The molecule has 0 bridgehead atoms. The summed E-state index contributed by atoms with van der Waals surface area (Å²) in [4.78, 5) is 0. The highest BCUT2D eigenvalue weighted by molar-refractivity contribution is 5.43. The number of methoxy groups -OCH3 is 1. The minimum absolute atomic E-state index is 0.0433. The second kappa shape index (κ2) is 3.86. The van der Waals surface area contributed by atoms with Gasteiger partial charge >= 0.3 is 6.18 Å². The van der Waals surface area contributed by atoms with Crippen molar-refractivity contribution < 1.29 is 28.1 Å². The van der Waals surface area contributed by atoms with Gasteiger partial charge in [-0.15, -0.1) is 0 Å². The molecule has 1 atom stereocenters. The monoisotopic (exact) mass is 236 g/mol. The number of phenols is 1. The van der Waals surface area contributed by atoms with E-state index in [1.807, 2.05) is 0 Å². The molecule has 0 aliphatic rings. The molecule has 90 valence electrons. The van der Waals surface area contributed by atoms with Crippen molar-refractivity contribution in [2.75, 3.05) is 7.11 Å². The van der Waals surface area contributed by atoms with Crippen LogP contribution in [0.15, 0.2) is 18.2 Å². The van der Waals surface area contributed by atoms with Gasteiger partial charge in [-0.1, -0.05) is 6.07 Å². The number of aliphatic hydroxyl groups is 1. The molecule has 0 saturated heterocycles. The number of alkyl halides is 3. The zero-order valence-electron chi connectivity index (χ0n) is 8.67. The van der Waals surface area contributed by atoms with Gasteiger partial charge in [-0.3, -0.25) is 0 Å². The van der Waals surface area contributed by atoms with Crippen molar-refractivity contribution in [1.82, 2.24) is 0 Å². The van der Waals surface area contributed by atoms with Crippen LogP contribution >= 0.6 is 0 Å². The Morgan fingerprint density at radius 3 is 2.19 bits per heavy atom. The Hall–Kier alpha value is -1.43. The third-order valence-electron chi connectivity index (χ3n) is 2.29. The van der Waals surface area contributed by atoms with Crippen LogP contribution in [0.3, 0.4) is 0 Å². The summed E-state index contributed by atoms with van der Waals surface area (Å²) in [7, 11) is 1.27. The lowest BCUT2D eigenvalue weighted by molar-refractivity contribution is -0.258. The highest BCUT2D eigenvalue weighted by Gasteiger charge is 2.51. The first-order valence-electron chi connectivity index (χ1n) is 4.36. The Balaban J connectivity index is 3.20. The zero-order chi connectivity index (χ0) is 12.6. The van der Waals surface area contributed by atoms with Crippen molar-refractivity contribution in [3.05, 3.63) is 23.8 Å². The van der Waals surface area contributed by atoms with Crippen molar-refractivity contribution in [3.8, 4) is 11.5 Å². The van der Waals surface area contributed by atoms with Crippen molar-refractivity contribution in [2.45, 2.75) is 18.7 Å². The van der Waals surface area contributed by atoms with Crippen molar-refractivity contribution in [1.29, 1.82) is 0 Å². The summed E-state index contributed by atoms with van der Waals surface area (Å²) >= 11 is 0. The molecule has 1 aromatic carbocycles. The van der Waals surface area contributed by atoms with Crippen LogP contribution in [0.4, 0.5) is 13.2 Å². The Labute approximate surface area is 90.1 Å². The fourth-order valence-electron chi connectivity index (χ4n) is 1.16. The number of phenolic OH excluding ortho intramolecular Hbond substituents is 1. The van der Waals surface area contributed by atoms with Gasteiger partial charge in [-0.05, 0) is 24.6 Å². The first-order chi connectivity index (χ1) is 7.20. The molecule has 0 radical (unpaired) electrons. The zero-order valence-corrected chi connectivity index (χ0v) is 8.67. The number of ether oxygens (including phenoxy) is 1. The van der Waals surface area contributed by atoms with Crippen molar-refractivity contribution in [3.63, 3.8) is 0 Å². The maximum atomic E-state index is 12.5. The molecule has 2 N–H and O–H groups in total. The predicted octanol–water partition coefficient (Wildman–Crippen LogP) is 2.17. The number of halogens is 3. The maximum absolute atomic E-state index is 12.5. The fraction of sp³-hybridized carbons (Fsp3) is 0.400. The van der Waals surface area contributed by atoms with Crippen molar-refractivity contribution >= 4 is 0 Å². The maximum Gasteiger partial charge on any atom is 0.421 e. The fourth-order valence-corrected chi connectivity index (χ4v) is 1.16. The lowest BCUT2D eigenvalue weighted by Gasteiger charge is -2.26. The molecule has 3 nitrogen and oxygen atoms in total. The third-order valence-corrected chi connectivity index (χ3v) is 2.29. The number of hydrogen-bond acceptors (Lipinski definition) is 3. The normalized spacial score (nSPS) is 15.6. The van der Waals surface area contributed by atoms with Gasteiger partial charge in [0.25, 0.3) is 0 Å². The summed E-state index contributed by atoms with van der Waals surface area (Å²) in [5, 5.41) is 18.7. The smallest absolute Gasteiger partial charge is 0.421 e. The molecule has 1 rings (SSSR count). The van der Waals surface area contributed by atoms with E-state index in [-0.39, 0.29) is 5.75 Å². The van der Waals surface area contributed by atoms with Crippen LogP contribution < -0.4 is 4.74 Å². The molecule has 0 aliphatic carbocycles. The molecule has 16 heavy (non-hydrogen) atoms. The Kier molecular flexibility index (Phi) is 3.05. The van der Waals surface area contributed by atoms with Gasteiger partial charge in [-0.2, -0.15) is 13.2 Å². The lowest BCUT2D eigenvalue weighted by atomic mass is 9.95. The Bertz CT molecular complexity index is 385. The van der Waals surface area contributed by atoms with E-state index in [4.69, 9.17) is 0 Å². The van der Waals surface area contributed by atoms with Gasteiger partial charge < -0.3 is 14.9 Å². The minimum atomic E-state index is -4.81. The van der Waals surface area contributed by atoms with E-state index in [1.54, 1.807) is 0 Å². The molecule has 0 aromatic heterocycles. The summed E-state index contributed by atoms with van der Waals surface area (Å²) in [6, 6.07) is 3.03. The Morgan fingerprint density at radius 1 is 1.25 bits per heavy atom. The van der Waals surface area contributed by atoms with Crippen LogP contribution in [0, 0.1) is 0 Å². The van der Waals surface area contributed by atoms with Gasteiger partial charge in [0.1, 0.15) is 0 Å². The molecular formula is C10H11F3O3. The van der Waals surface area contributed by atoms with Crippen LogP contribution in [0.1, 0.15) is 12.5 Å². The topological polar surface area (TPSA) is 49.7 Å². The lowest BCUT2D eigenvalue weighted by Crippen LogP contribution is -2.39. The van der Waals surface area contributed by atoms with Gasteiger partial charge in [0.05, 0.1) is 7.11 Å². The molecule has 0 spiro atoms. The van der Waals surface area contributed by atoms with E-state index in [2.05, 4.69) is 4.74 Å². The second-order valence-corrected chi connectivity index (χ2v) is 3.46. The van der Waals surface area contributed by atoms with Crippen LogP contribution in [-0.2, 0) is 5.60 Å². The molecule has 6 heteroatoms. The molecule has 0 amide bonds. The highest BCUT2D eigenvalue weighted by atomic mass is 19.4. The van der Waals surface area contributed by atoms with Crippen LogP contribution in [0.25, 0.3) is 0 Å². The van der Waals surface area contributed by atoms with Gasteiger partial charge in [0, 0.05) is 0 Å². The van der Waals surface area contributed by atoms with E-state index >= 15 is 0 Å². The van der Waals surface area contributed by atoms with E-state index < -0.39 is 23.1 Å². The summed E-state index contributed by atoms with van der Waals surface area (Å²) in [5.41, 5.74) is -3.45. The van der Waals surface area contributed by atoms with Gasteiger partial charge in [0.2, 0.25) is 0 Å². The molecule has 1 unspecified atom stereocenters. The van der Waals surface area contributed by atoms with Crippen LogP contribution in [-0.4, -0.2) is 23.5 Å². The number of hydrogen-bond donors (Lipinski definition) is 2. The molecule has 1 aromatic rings. The molecule has 0 saturated carbocycles.